The van der Waals surface area contributed by atoms with Crippen LogP contribution < -0.4 is 20.1 Å². The van der Waals surface area contributed by atoms with E-state index in [0.29, 0.717) is 30.2 Å². The Hall–Kier alpha value is -1.99. The summed E-state index contributed by atoms with van der Waals surface area (Å²) in [5.41, 5.74) is 0.584. The molecule has 3 rings (SSSR count). The number of ether oxygens (including phenoxy) is 2. The molecule has 2 fully saturated rings. The number of likely N-dealkylation sites (tertiary alicyclic amines) is 1. The van der Waals surface area contributed by atoms with Crippen LogP contribution in [-0.2, 0) is 4.79 Å². The second kappa shape index (κ2) is 9.09. The molecule has 7 nitrogen and oxygen atoms in total. The number of rotatable bonds is 5. The van der Waals surface area contributed by atoms with Gasteiger partial charge < -0.3 is 25.0 Å². The summed E-state index contributed by atoms with van der Waals surface area (Å²) in [6.45, 7) is 2.81. The summed E-state index contributed by atoms with van der Waals surface area (Å²) in [6.07, 6.45) is 1.57. The first-order valence-electron chi connectivity index (χ1n) is 8.64. The average Bonchev–Trinajstić information content (AvgIpc) is 2.59. The molecule has 2 aliphatic rings. The molecule has 8 heteroatoms. The number of benzene rings is 1. The number of nitrogens with zero attached hydrogens (tertiary/aromatic N) is 1. The minimum Gasteiger partial charge on any atom is -0.493 e. The van der Waals surface area contributed by atoms with E-state index in [2.05, 4.69) is 10.6 Å². The van der Waals surface area contributed by atoms with Gasteiger partial charge in [-0.3, -0.25) is 9.59 Å². The maximum atomic E-state index is 12.7. The summed E-state index contributed by atoms with van der Waals surface area (Å²) in [4.78, 5) is 26.5. The average molecular weight is 384 g/mol. The number of halogens is 1. The molecule has 2 N–H and O–H groups in total. The third-order valence-corrected chi connectivity index (χ3v) is 4.91. The standard InChI is InChI=1S/C18H25N3O4.ClH/c1-24-15-4-3-12(9-16(15)25-2)18(23)21-7-5-14(6-8-21)20-17(22)13-10-19-11-13;/h3-4,9,13-14,19H,5-8,10-11H2,1-2H3,(H,20,22);1H. The molecule has 144 valence electrons. The molecule has 0 spiro atoms. The van der Waals surface area contributed by atoms with Crippen LogP contribution in [-0.4, -0.2) is 63.2 Å². The quantitative estimate of drug-likeness (QED) is 0.795. The minimum absolute atomic E-state index is 0. The highest BCUT2D eigenvalue weighted by molar-refractivity contribution is 5.95. The molecule has 0 bridgehead atoms. The van der Waals surface area contributed by atoms with Gasteiger partial charge in [-0.25, -0.2) is 0 Å². The fourth-order valence-electron chi connectivity index (χ4n) is 3.17. The fraction of sp³-hybridized carbons (Fsp3) is 0.556. The van der Waals surface area contributed by atoms with Crippen LogP contribution in [0.3, 0.4) is 0 Å². The van der Waals surface area contributed by atoms with E-state index in [4.69, 9.17) is 9.47 Å². The van der Waals surface area contributed by atoms with E-state index in [0.717, 1.165) is 25.9 Å². The molecule has 1 aromatic carbocycles. The maximum absolute atomic E-state index is 12.7. The second-order valence-corrected chi connectivity index (χ2v) is 6.50. The van der Waals surface area contributed by atoms with Crippen molar-refractivity contribution >= 4 is 24.2 Å². The molecule has 2 aliphatic heterocycles. The molecular formula is C18H26ClN3O4. The number of methoxy groups -OCH3 is 2. The Balaban J connectivity index is 0.00000243. The lowest BCUT2D eigenvalue weighted by molar-refractivity contribution is -0.127. The van der Waals surface area contributed by atoms with Crippen molar-refractivity contribution in [2.24, 2.45) is 5.92 Å². The van der Waals surface area contributed by atoms with Crippen LogP contribution in [0.4, 0.5) is 0 Å². The molecule has 1 aromatic rings. The zero-order chi connectivity index (χ0) is 17.8. The van der Waals surface area contributed by atoms with Crippen molar-refractivity contribution in [2.45, 2.75) is 18.9 Å². The Morgan fingerprint density at radius 1 is 1.12 bits per heavy atom. The first-order valence-corrected chi connectivity index (χ1v) is 8.64. The topological polar surface area (TPSA) is 79.9 Å². The normalized spacial score (nSPS) is 17.7. The predicted molar refractivity (Wildman–Crippen MR) is 100 cm³/mol. The highest BCUT2D eigenvalue weighted by Gasteiger charge is 2.29. The van der Waals surface area contributed by atoms with E-state index in [-0.39, 0.29) is 36.2 Å². The van der Waals surface area contributed by atoms with Crippen LogP contribution in [0.5, 0.6) is 11.5 Å². The predicted octanol–water partition coefficient (Wildman–Crippen LogP) is 1.07. The van der Waals surface area contributed by atoms with Crippen LogP contribution in [0.1, 0.15) is 23.2 Å². The van der Waals surface area contributed by atoms with E-state index in [1.54, 1.807) is 32.4 Å². The lowest BCUT2D eigenvalue weighted by Gasteiger charge is -2.34. The lowest BCUT2D eigenvalue weighted by Crippen LogP contribution is -2.54. The Labute approximate surface area is 159 Å². The molecule has 26 heavy (non-hydrogen) atoms. The van der Waals surface area contributed by atoms with Crippen LogP contribution in [0.2, 0.25) is 0 Å². The fourth-order valence-corrected chi connectivity index (χ4v) is 3.17. The zero-order valence-corrected chi connectivity index (χ0v) is 15.9. The first-order chi connectivity index (χ1) is 12.1. The van der Waals surface area contributed by atoms with Crippen molar-refractivity contribution in [3.8, 4) is 11.5 Å². The van der Waals surface area contributed by atoms with Crippen LogP contribution in [0, 0.1) is 5.92 Å². The highest BCUT2D eigenvalue weighted by atomic mass is 35.5. The van der Waals surface area contributed by atoms with Gasteiger partial charge in [0, 0.05) is 37.8 Å². The summed E-state index contributed by atoms with van der Waals surface area (Å²) in [6, 6.07) is 5.36. The molecule has 0 saturated carbocycles. The van der Waals surface area contributed by atoms with Gasteiger partial charge in [0.1, 0.15) is 0 Å². The first kappa shape index (κ1) is 20.3. The van der Waals surface area contributed by atoms with Gasteiger partial charge in [0.25, 0.3) is 5.91 Å². The smallest absolute Gasteiger partial charge is 0.253 e. The monoisotopic (exact) mass is 383 g/mol. The van der Waals surface area contributed by atoms with Gasteiger partial charge in [0.2, 0.25) is 5.91 Å². The van der Waals surface area contributed by atoms with Gasteiger partial charge in [-0.2, -0.15) is 0 Å². The van der Waals surface area contributed by atoms with Crippen LogP contribution in [0.15, 0.2) is 18.2 Å². The number of piperidine rings is 1. The van der Waals surface area contributed by atoms with Crippen LogP contribution in [0.25, 0.3) is 0 Å². The molecule has 0 aliphatic carbocycles. The summed E-state index contributed by atoms with van der Waals surface area (Å²) < 4.78 is 10.5. The second-order valence-electron chi connectivity index (χ2n) is 6.50. The third-order valence-electron chi connectivity index (χ3n) is 4.91. The van der Waals surface area contributed by atoms with Crippen molar-refractivity contribution < 1.29 is 19.1 Å². The lowest BCUT2D eigenvalue weighted by atomic mass is 9.99. The molecule has 2 heterocycles. The Kier molecular flexibility index (Phi) is 7.11. The van der Waals surface area contributed by atoms with Gasteiger partial charge in [0.05, 0.1) is 20.1 Å². The number of carbonyl (C=O) groups excluding carboxylic acids is 2. The molecule has 0 aromatic heterocycles. The minimum atomic E-state index is -0.0195. The van der Waals surface area contributed by atoms with Crippen molar-refractivity contribution in [3.63, 3.8) is 0 Å². The van der Waals surface area contributed by atoms with E-state index in [9.17, 15) is 9.59 Å². The van der Waals surface area contributed by atoms with Crippen molar-refractivity contribution in [2.75, 3.05) is 40.4 Å². The number of carbonyl (C=O) groups is 2. The van der Waals surface area contributed by atoms with Gasteiger partial charge in [-0.15, -0.1) is 12.4 Å². The molecule has 2 amide bonds. The summed E-state index contributed by atoms with van der Waals surface area (Å²) in [5.74, 6) is 1.36. The van der Waals surface area contributed by atoms with Crippen LogP contribution >= 0.6 is 12.4 Å². The number of amides is 2. The van der Waals surface area contributed by atoms with Crippen molar-refractivity contribution in [3.05, 3.63) is 23.8 Å². The molecular weight excluding hydrogens is 358 g/mol. The van der Waals surface area contributed by atoms with Crippen molar-refractivity contribution in [1.29, 1.82) is 0 Å². The zero-order valence-electron chi connectivity index (χ0n) is 15.1. The number of nitrogens with one attached hydrogen (secondary N) is 2. The SMILES string of the molecule is COc1ccc(C(=O)N2CCC(NC(=O)C3CNC3)CC2)cc1OC.Cl. The molecule has 0 unspecified atom stereocenters. The molecule has 0 atom stereocenters. The van der Waals surface area contributed by atoms with E-state index in [1.165, 1.54) is 0 Å². The highest BCUT2D eigenvalue weighted by Crippen LogP contribution is 2.28. The molecule has 0 radical (unpaired) electrons. The van der Waals surface area contributed by atoms with Gasteiger partial charge in [0.15, 0.2) is 11.5 Å². The third kappa shape index (κ3) is 4.40. The summed E-state index contributed by atoms with van der Waals surface area (Å²) >= 11 is 0. The Bertz CT molecular complexity index is 643. The van der Waals surface area contributed by atoms with Gasteiger partial charge >= 0.3 is 0 Å². The number of hydrogen-bond donors (Lipinski definition) is 2. The van der Waals surface area contributed by atoms with Gasteiger partial charge in [-0.05, 0) is 31.0 Å². The van der Waals surface area contributed by atoms with E-state index >= 15 is 0 Å². The maximum Gasteiger partial charge on any atom is 0.253 e. The molecule has 2 saturated heterocycles. The summed E-state index contributed by atoms with van der Waals surface area (Å²) in [5, 5.41) is 6.20. The summed E-state index contributed by atoms with van der Waals surface area (Å²) in [7, 11) is 3.12. The Morgan fingerprint density at radius 3 is 2.31 bits per heavy atom. The van der Waals surface area contributed by atoms with Gasteiger partial charge in [-0.1, -0.05) is 0 Å². The largest absolute Gasteiger partial charge is 0.493 e. The van der Waals surface area contributed by atoms with Crippen molar-refractivity contribution in [1.82, 2.24) is 15.5 Å². The van der Waals surface area contributed by atoms with E-state index in [1.807, 2.05) is 4.90 Å². The Morgan fingerprint density at radius 2 is 1.77 bits per heavy atom. The van der Waals surface area contributed by atoms with E-state index < -0.39 is 0 Å². The number of hydrogen-bond acceptors (Lipinski definition) is 5.